The Bertz CT molecular complexity index is 547. The van der Waals surface area contributed by atoms with Gasteiger partial charge >= 0.3 is 11.9 Å². The summed E-state index contributed by atoms with van der Waals surface area (Å²) in [5.74, 6) is -0.625. The van der Waals surface area contributed by atoms with E-state index in [0.29, 0.717) is 5.75 Å². The van der Waals surface area contributed by atoms with Gasteiger partial charge in [-0.2, -0.15) is 0 Å². The number of benzene rings is 1. The van der Waals surface area contributed by atoms with Crippen molar-refractivity contribution >= 4 is 18.0 Å². The first-order valence-electron chi connectivity index (χ1n) is 6.48. The summed E-state index contributed by atoms with van der Waals surface area (Å²) >= 11 is 0. The van der Waals surface area contributed by atoms with E-state index in [4.69, 9.17) is 14.2 Å². The molecule has 0 saturated heterocycles. The van der Waals surface area contributed by atoms with Crippen molar-refractivity contribution in [2.75, 3.05) is 13.2 Å². The van der Waals surface area contributed by atoms with Crippen LogP contribution in [-0.4, -0.2) is 31.3 Å². The Morgan fingerprint density at radius 3 is 2.55 bits per heavy atom. The second-order valence-corrected chi connectivity index (χ2v) is 4.11. The Kier molecular flexibility index (Phi) is 4.40. The fraction of sp³-hybridized carbons (Fsp3) is 0.333. The molecule has 106 valence electrons. The highest BCUT2D eigenvalue weighted by molar-refractivity contribution is 6.02. The summed E-state index contributed by atoms with van der Waals surface area (Å²) in [6.07, 6.45) is 0.530. The van der Waals surface area contributed by atoms with Crippen LogP contribution in [0.4, 0.5) is 0 Å². The van der Waals surface area contributed by atoms with Gasteiger partial charge in [0.2, 0.25) is 6.10 Å². The number of hydrogen-bond donors (Lipinski definition) is 0. The SMILES string of the molecule is CCOC(=O)C1=Cc2ccccc2OC1C(=O)OCC. The first kappa shape index (κ1) is 14.1. The van der Waals surface area contributed by atoms with Gasteiger partial charge < -0.3 is 14.2 Å². The van der Waals surface area contributed by atoms with Gasteiger partial charge in [0.05, 0.1) is 18.8 Å². The van der Waals surface area contributed by atoms with E-state index in [-0.39, 0.29) is 18.8 Å². The number of rotatable bonds is 4. The smallest absolute Gasteiger partial charge is 0.352 e. The van der Waals surface area contributed by atoms with E-state index in [1.165, 1.54) is 0 Å². The first-order valence-corrected chi connectivity index (χ1v) is 6.48. The predicted molar refractivity (Wildman–Crippen MR) is 72.1 cm³/mol. The number of fused-ring (bicyclic) bond motifs is 1. The lowest BCUT2D eigenvalue weighted by molar-refractivity contribution is -0.153. The van der Waals surface area contributed by atoms with Gasteiger partial charge in [0.1, 0.15) is 5.75 Å². The van der Waals surface area contributed by atoms with Crippen molar-refractivity contribution in [3.63, 3.8) is 0 Å². The zero-order chi connectivity index (χ0) is 14.5. The van der Waals surface area contributed by atoms with Crippen molar-refractivity contribution < 1.29 is 23.8 Å². The second kappa shape index (κ2) is 6.23. The Morgan fingerprint density at radius 2 is 1.85 bits per heavy atom. The molecule has 1 unspecified atom stereocenters. The third-order valence-electron chi connectivity index (χ3n) is 2.77. The Balaban J connectivity index is 2.37. The monoisotopic (exact) mass is 276 g/mol. The molecular weight excluding hydrogens is 260 g/mol. The molecule has 0 N–H and O–H groups in total. The summed E-state index contributed by atoms with van der Waals surface area (Å²) in [7, 11) is 0. The fourth-order valence-corrected chi connectivity index (χ4v) is 1.91. The standard InChI is InChI=1S/C15H16O5/c1-3-18-14(16)11-9-10-7-5-6-8-12(10)20-13(11)15(17)19-4-2/h5-9,13H,3-4H2,1-2H3. The number of esters is 2. The minimum absolute atomic E-state index is 0.156. The largest absolute Gasteiger partial charge is 0.473 e. The maximum atomic E-state index is 11.9. The zero-order valence-electron chi connectivity index (χ0n) is 11.4. The van der Waals surface area contributed by atoms with Gasteiger partial charge in [-0.05, 0) is 26.0 Å². The highest BCUT2D eigenvalue weighted by atomic mass is 16.6. The van der Waals surface area contributed by atoms with Crippen LogP contribution in [0.25, 0.3) is 6.08 Å². The molecule has 0 radical (unpaired) electrons. The Morgan fingerprint density at radius 1 is 1.15 bits per heavy atom. The van der Waals surface area contributed by atoms with Gasteiger partial charge in [-0.25, -0.2) is 9.59 Å². The lowest BCUT2D eigenvalue weighted by atomic mass is 10.0. The summed E-state index contributed by atoms with van der Waals surface area (Å²) in [6.45, 7) is 3.85. The third-order valence-corrected chi connectivity index (χ3v) is 2.77. The van der Waals surface area contributed by atoms with Crippen LogP contribution >= 0.6 is 0 Å². The van der Waals surface area contributed by atoms with Gasteiger partial charge in [-0.15, -0.1) is 0 Å². The fourth-order valence-electron chi connectivity index (χ4n) is 1.91. The summed E-state index contributed by atoms with van der Waals surface area (Å²) in [5.41, 5.74) is 0.889. The highest BCUT2D eigenvalue weighted by Crippen LogP contribution is 2.30. The zero-order valence-corrected chi connectivity index (χ0v) is 11.4. The summed E-state index contributed by atoms with van der Waals surface area (Å²) < 4.78 is 15.5. The van der Waals surface area contributed by atoms with Gasteiger partial charge in [0.15, 0.2) is 0 Å². The van der Waals surface area contributed by atoms with E-state index in [9.17, 15) is 9.59 Å². The van der Waals surface area contributed by atoms with Crippen molar-refractivity contribution in [3.8, 4) is 5.75 Å². The Labute approximate surface area is 117 Å². The van der Waals surface area contributed by atoms with Crippen LogP contribution in [0, 0.1) is 0 Å². The molecular formula is C15H16O5. The molecule has 1 heterocycles. The van der Waals surface area contributed by atoms with Crippen LogP contribution in [0.2, 0.25) is 0 Å². The number of ether oxygens (including phenoxy) is 3. The van der Waals surface area contributed by atoms with Crippen molar-refractivity contribution in [1.29, 1.82) is 0 Å². The average Bonchev–Trinajstić information content (AvgIpc) is 2.46. The molecule has 1 aromatic rings. The van der Waals surface area contributed by atoms with E-state index in [1.807, 2.05) is 6.07 Å². The summed E-state index contributed by atoms with van der Waals surface area (Å²) in [4.78, 5) is 23.9. The third kappa shape index (κ3) is 2.82. The number of carbonyl (C=O) groups is 2. The van der Waals surface area contributed by atoms with Crippen molar-refractivity contribution in [1.82, 2.24) is 0 Å². The van der Waals surface area contributed by atoms with Gasteiger partial charge in [-0.1, -0.05) is 18.2 Å². The summed E-state index contributed by atoms with van der Waals surface area (Å²) in [6, 6.07) is 7.16. The lowest BCUT2D eigenvalue weighted by Crippen LogP contribution is -2.36. The molecule has 0 fully saturated rings. The molecule has 0 amide bonds. The molecule has 1 atom stereocenters. The van der Waals surface area contributed by atoms with Crippen LogP contribution in [0.15, 0.2) is 29.8 Å². The molecule has 20 heavy (non-hydrogen) atoms. The summed E-state index contributed by atoms with van der Waals surface area (Å²) in [5, 5.41) is 0. The second-order valence-electron chi connectivity index (χ2n) is 4.11. The number of hydrogen-bond acceptors (Lipinski definition) is 5. The minimum atomic E-state index is -1.08. The van der Waals surface area contributed by atoms with Crippen LogP contribution in [0.3, 0.4) is 0 Å². The molecule has 5 heteroatoms. The molecule has 1 aromatic carbocycles. The van der Waals surface area contributed by atoms with E-state index in [1.54, 1.807) is 38.1 Å². The van der Waals surface area contributed by atoms with Crippen LogP contribution in [0.1, 0.15) is 19.4 Å². The molecule has 0 aliphatic carbocycles. The lowest BCUT2D eigenvalue weighted by Gasteiger charge is -2.24. The Hall–Kier alpha value is -2.30. The van der Waals surface area contributed by atoms with E-state index >= 15 is 0 Å². The predicted octanol–water partition coefficient (Wildman–Crippen LogP) is 1.96. The van der Waals surface area contributed by atoms with Crippen LogP contribution in [0.5, 0.6) is 5.75 Å². The molecule has 0 spiro atoms. The molecule has 5 nitrogen and oxygen atoms in total. The minimum Gasteiger partial charge on any atom is -0.473 e. The van der Waals surface area contributed by atoms with Crippen molar-refractivity contribution in [2.45, 2.75) is 20.0 Å². The first-order chi connectivity index (χ1) is 9.67. The van der Waals surface area contributed by atoms with Gasteiger partial charge in [-0.3, -0.25) is 0 Å². The molecule has 1 aliphatic heterocycles. The normalized spacial score (nSPS) is 16.5. The van der Waals surface area contributed by atoms with Crippen LogP contribution < -0.4 is 4.74 Å². The van der Waals surface area contributed by atoms with Crippen molar-refractivity contribution in [3.05, 3.63) is 35.4 Å². The van der Waals surface area contributed by atoms with Gasteiger partial charge in [0, 0.05) is 5.56 Å². The van der Waals surface area contributed by atoms with E-state index < -0.39 is 18.0 Å². The maximum Gasteiger partial charge on any atom is 0.352 e. The van der Waals surface area contributed by atoms with E-state index in [0.717, 1.165) is 5.56 Å². The topological polar surface area (TPSA) is 61.8 Å². The molecule has 0 aromatic heterocycles. The highest BCUT2D eigenvalue weighted by Gasteiger charge is 2.35. The molecule has 2 rings (SSSR count). The quantitative estimate of drug-likeness (QED) is 0.787. The van der Waals surface area contributed by atoms with E-state index in [2.05, 4.69) is 0 Å². The van der Waals surface area contributed by atoms with Crippen molar-refractivity contribution in [2.24, 2.45) is 0 Å². The molecule has 0 bridgehead atoms. The molecule has 1 aliphatic rings. The van der Waals surface area contributed by atoms with Crippen LogP contribution in [-0.2, 0) is 19.1 Å². The molecule has 0 saturated carbocycles. The maximum absolute atomic E-state index is 11.9. The number of para-hydroxylation sites is 1. The number of carbonyl (C=O) groups excluding carboxylic acids is 2. The average molecular weight is 276 g/mol. The van der Waals surface area contributed by atoms with Gasteiger partial charge in [0.25, 0.3) is 0 Å².